The molecule has 100 valence electrons. The quantitative estimate of drug-likeness (QED) is 0.498. The highest BCUT2D eigenvalue weighted by Gasteiger charge is 2.06. The van der Waals surface area contributed by atoms with Crippen LogP contribution in [0, 0.1) is 10.1 Å². The zero-order valence-corrected chi connectivity index (χ0v) is 11.4. The van der Waals surface area contributed by atoms with Crippen LogP contribution in [0.1, 0.15) is 6.42 Å². The van der Waals surface area contributed by atoms with Crippen LogP contribution in [0.4, 0.5) is 11.5 Å². The number of non-ortho nitro benzene ring substituents is 1. The summed E-state index contributed by atoms with van der Waals surface area (Å²) in [5.41, 5.74) is 0.857. The number of nitrogens with one attached hydrogen (secondary N) is 1. The smallest absolute Gasteiger partial charge is 0.270 e. The molecule has 1 aromatic heterocycles. The van der Waals surface area contributed by atoms with Crippen molar-refractivity contribution < 1.29 is 4.92 Å². The fourth-order valence-electron chi connectivity index (χ4n) is 1.76. The molecule has 0 radical (unpaired) electrons. The summed E-state index contributed by atoms with van der Waals surface area (Å²) in [6.45, 7) is 0.881. The number of rotatable bonds is 6. The van der Waals surface area contributed by atoms with E-state index in [0.717, 1.165) is 35.4 Å². The number of nitro benzene ring substituents is 1. The number of pyridine rings is 1. The molecule has 1 N–H and O–H groups in total. The third-order valence-electron chi connectivity index (χ3n) is 2.71. The summed E-state index contributed by atoms with van der Waals surface area (Å²) in [7, 11) is 0. The minimum absolute atomic E-state index is 0.0926. The third kappa shape index (κ3) is 3.57. The Balaban J connectivity index is 2.12. The fourth-order valence-corrected chi connectivity index (χ4v) is 2.19. The highest BCUT2D eigenvalue weighted by molar-refractivity contribution is 7.98. The molecule has 0 saturated carbocycles. The van der Waals surface area contributed by atoms with Gasteiger partial charge in [0.1, 0.15) is 5.82 Å². The van der Waals surface area contributed by atoms with E-state index in [1.807, 2.05) is 23.9 Å². The second-order valence-corrected chi connectivity index (χ2v) is 5.09. The number of hydrogen-bond donors (Lipinski definition) is 1. The normalized spacial score (nSPS) is 10.6. The molecule has 0 spiro atoms. The molecule has 2 aromatic rings. The maximum absolute atomic E-state index is 10.7. The van der Waals surface area contributed by atoms with E-state index < -0.39 is 4.92 Å². The Morgan fingerprint density at radius 2 is 2.21 bits per heavy atom. The Labute approximate surface area is 115 Å². The number of hydrogen-bond acceptors (Lipinski definition) is 5. The topological polar surface area (TPSA) is 68.1 Å². The first-order chi connectivity index (χ1) is 9.20. The molecule has 19 heavy (non-hydrogen) atoms. The standard InChI is InChI=1S/C13H15N3O2S/c1-19-8-2-7-14-13-6-3-10-9-11(16(17)18)4-5-12(10)15-13/h3-6,9H,2,7-8H2,1H3,(H,14,15). The average Bonchev–Trinajstić information content (AvgIpc) is 2.43. The highest BCUT2D eigenvalue weighted by atomic mass is 32.2. The van der Waals surface area contributed by atoms with Gasteiger partial charge in [-0.05, 0) is 36.6 Å². The maximum Gasteiger partial charge on any atom is 0.270 e. The summed E-state index contributed by atoms with van der Waals surface area (Å²) >= 11 is 1.82. The lowest BCUT2D eigenvalue weighted by Gasteiger charge is -2.06. The number of thioether (sulfide) groups is 1. The third-order valence-corrected chi connectivity index (χ3v) is 3.41. The molecule has 0 fully saturated rings. The summed E-state index contributed by atoms with van der Waals surface area (Å²) in [5, 5.41) is 14.7. The van der Waals surface area contributed by atoms with Gasteiger partial charge in [0.2, 0.25) is 0 Å². The largest absolute Gasteiger partial charge is 0.370 e. The van der Waals surface area contributed by atoms with Crippen LogP contribution in [0.15, 0.2) is 30.3 Å². The lowest BCUT2D eigenvalue weighted by molar-refractivity contribution is -0.384. The van der Waals surface area contributed by atoms with Crippen molar-refractivity contribution in [1.82, 2.24) is 4.98 Å². The summed E-state index contributed by atoms with van der Waals surface area (Å²) in [6.07, 6.45) is 3.17. The fraction of sp³-hybridized carbons (Fsp3) is 0.308. The maximum atomic E-state index is 10.7. The molecule has 0 bridgehead atoms. The molecule has 0 unspecified atom stereocenters. The van der Waals surface area contributed by atoms with Gasteiger partial charge in [-0.25, -0.2) is 4.98 Å². The van der Waals surface area contributed by atoms with Gasteiger partial charge in [-0.3, -0.25) is 10.1 Å². The Hall–Kier alpha value is -1.82. The molecule has 0 saturated heterocycles. The Bertz CT molecular complexity index is 589. The van der Waals surface area contributed by atoms with Gasteiger partial charge in [0.25, 0.3) is 5.69 Å². The summed E-state index contributed by atoms with van der Waals surface area (Å²) < 4.78 is 0. The first-order valence-corrected chi connectivity index (χ1v) is 7.38. The predicted molar refractivity (Wildman–Crippen MR) is 79.9 cm³/mol. The molecule has 6 heteroatoms. The van der Waals surface area contributed by atoms with Gasteiger partial charge in [0.05, 0.1) is 10.4 Å². The van der Waals surface area contributed by atoms with Crippen molar-refractivity contribution in [3.05, 3.63) is 40.4 Å². The van der Waals surface area contributed by atoms with Gasteiger partial charge < -0.3 is 5.32 Å². The Morgan fingerprint density at radius 3 is 2.95 bits per heavy atom. The van der Waals surface area contributed by atoms with Gasteiger partial charge in [0.15, 0.2) is 0 Å². The van der Waals surface area contributed by atoms with Crippen molar-refractivity contribution in [1.29, 1.82) is 0 Å². The summed E-state index contributed by atoms with van der Waals surface area (Å²) in [4.78, 5) is 14.7. The van der Waals surface area contributed by atoms with Crippen LogP contribution >= 0.6 is 11.8 Å². The van der Waals surface area contributed by atoms with Gasteiger partial charge in [-0.1, -0.05) is 0 Å². The van der Waals surface area contributed by atoms with E-state index in [4.69, 9.17) is 0 Å². The zero-order chi connectivity index (χ0) is 13.7. The van der Waals surface area contributed by atoms with Crippen LogP contribution in [0.5, 0.6) is 0 Å². The summed E-state index contributed by atoms with van der Waals surface area (Å²) in [6, 6.07) is 8.41. The Morgan fingerprint density at radius 1 is 1.37 bits per heavy atom. The highest BCUT2D eigenvalue weighted by Crippen LogP contribution is 2.21. The van der Waals surface area contributed by atoms with E-state index in [1.54, 1.807) is 12.1 Å². The number of nitrogens with zero attached hydrogens (tertiary/aromatic N) is 2. The lowest BCUT2D eigenvalue weighted by Crippen LogP contribution is -2.04. The van der Waals surface area contributed by atoms with Crippen molar-refractivity contribution >= 4 is 34.2 Å². The molecule has 0 atom stereocenters. The van der Waals surface area contributed by atoms with E-state index >= 15 is 0 Å². The molecule has 0 aliphatic carbocycles. The van der Waals surface area contributed by atoms with Crippen LogP contribution in [0.25, 0.3) is 10.9 Å². The molecule has 0 amide bonds. The molecule has 5 nitrogen and oxygen atoms in total. The monoisotopic (exact) mass is 277 g/mol. The van der Waals surface area contributed by atoms with Gasteiger partial charge in [-0.15, -0.1) is 0 Å². The molecular formula is C13H15N3O2S. The van der Waals surface area contributed by atoms with E-state index in [2.05, 4.69) is 16.6 Å². The zero-order valence-electron chi connectivity index (χ0n) is 10.6. The van der Waals surface area contributed by atoms with Crippen molar-refractivity contribution in [2.45, 2.75) is 6.42 Å². The van der Waals surface area contributed by atoms with Crippen molar-refractivity contribution in [2.75, 3.05) is 23.9 Å². The van der Waals surface area contributed by atoms with Crippen LogP contribution in [0.3, 0.4) is 0 Å². The predicted octanol–water partition coefficient (Wildman–Crippen LogP) is 3.31. The number of anilines is 1. The first-order valence-electron chi connectivity index (χ1n) is 5.99. The van der Waals surface area contributed by atoms with Crippen LogP contribution in [0.2, 0.25) is 0 Å². The molecule has 2 rings (SSSR count). The van der Waals surface area contributed by atoms with Crippen LogP contribution in [-0.4, -0.2) is 28.5 Å². The van der Waals surface area contributed by atoms with Crippen molar-refractivity contribution in [3.63, 3.8) is 0 Å². The number of fused-ring (bicyclic) bond motifs is 1. The molecular weight excluding hydrogens is 262 g/mol. The minimum atomic E-state index is -0.395. The van der Waals surface area contributed by atoms with Crippen molar-refractivity contribution in [2.24, 2.45) is 0 Å². The van der Waals surface area contributed by atoms with E-state index in [0.29, 0.717) is 0 Å². The molecule has 0 aliphatic heterocycles. The van der Waals surface area contributed by atoms with Gasteiger partial charge in [-0.2, -0.15) is 11.8 Å². The first kappa shape index (κ1) is 13.6. The number of aromatic nitrogens is 1. The molecule has 1 aromatic carbocycles. The average molecular weight is 277 g/mol. The summed E-state index contributed by atoms with van der Waals surface area (Å²) in [5.74, 6) is 1.93. The molecule has 1 heterocycles. The second kappa shape index (κ2) is 6.38. The molecule has 0 aliphatic rings. The van der Waals surface area contributed by atoms with Crippen molar-refractivity contribution in [3.8, 4) is 0 Å². The van der Waals surface area contributed by atoms with E-state index in [9.17, 15) is 10.1 Å². The van der Waals surface area contributed by atoms with E-state index in [1.165, 1.54) is 6.07 Å². The lowest BCUT2D eigenvalue weighted by atomic mass is 10.2. The second-order valence-electron chi connectivity index (χ2n) is 4.10. The van der Waals surface area contributed by atoms with Gasteiger partial charge >= 0.3 is 0 Å². The van der Waals surface area contributed by atoms with Crippen LogP contribution < -0.4 is 5.32 Å². The number of benzene rings is 1. The van der Waals surface area contributed by atoms with E-state index in [-0.39, 0.29) is 5.69 Å². The SMILES string of the molecule is CSCCCNc1ccc2cc([N+](=O)[O-])ccc2n1. The Kier molecular flexibility index (Phi) is 4.57. The van der Waals surface area contributed by atoms with Crippen LogP contribution in [-0.2, 0) is 0 Å². The minimum Gasteiger partial charge on any atom is -0.370 e. The van der Waals surface area contributed by atoms with Gasteiger partial charge in [0, 0.05) is 24.1 Å². The number of nitro groups is 1.